The molecule has 0 amide bonds. The molecule has 5 nitrogen and oxygen atoms in total. The molecule has 28 heavy (non-hydrogen) atoms. The van der Waals surface area contributed by atoms with Gasteiger partial charge >= 0.3 is 0 Å². The lowest BCUT2D eigenvalue weighted by molar-refractivity contribution is 0.103. The molecular formula is C23H29N3O2. The van der Waals surface area contributed by atoms with E-state index in [1.807, 2.05) is 24.4 Å². The van der Waals surface area contributed by atoms with Gasteiger partial charge in [-0.3, -0.25) is 9.47 Å². The number of fused-ring (bicyclic) bond motifs is 1. The topological polar surface area (TPSA) is 64.4 Å². The Kier molecular flexibility index (Phi) is 5.27. The zero-order chi connectivity index (χ0) is 19.7. The fourth-order valence-electron chi connectivity index (χ4n) is 4.69. The molecule has 2 N–H and O–H groups in total. The highest BCUT2D eigenvalue weighted by Gasteiger charge is 2.26. The standard InChI is InChI=1S/C23H29N3O2/c1-3-19(4-2)25-10-7-16(8-11-25)21-14-26(24)22-6-5-17(13-20(21)22)23(27)18-9-12-28-15-18/h5-6,9,12-16,19H,3-4,7-8,10-11,24H2,1-2H3. The highest BCUT2D eigenvalue weighted by molar-refractivity contribution is 6.10. The van der Waals surface area contributed by atoms with Gasteiger partial charge in [0.15, 0.2) is 5.78 Å². The number of rotatable bonds is 6. The van der Waals surface area contributed by atoms with E-state index in [0.717, 1.165) is 36.8 Å². The fraction of sp³-hybridized carbons (Fsp3) is 0.435. The minimum atomic E-state index is -0.0186. The van der Waals surface area contributed by atoms with Crippen LogP contribution in [-0.2, 0) is 0 Å². The second-order valence-electron chi connectivity index (χ2n) is 7.85. The maximum atomic E-state index is 12.7. The van der Waals surface area contributed by atoms with Crippen molar-refractivity contribution in [3.05, 3.63) is 59.7 Å². The van der Waals surface area contributed by atoms with E-state index < -0.39 is 0 Å². The van der Waals surface area contributed by atoms with Crippen molar-refractivity contribution in [1.82, 2.24) is 9.58 Å². The molecule has 0 saturated carbocycles. The lowest BCUT2D eigenvalue weighted by atomic mass is 9.87. The van der Waals surface area contributed by atoms with Gasteiger partial charge in [-0.2, -0.15) is 0 Å². The molecule has 148 valence electrons. The smallest absolute Gasteiger partial charge is 0.196 e. The van der Waals surface area contributed by atoms with E-state index in [0.29, 0.717) is 23.1 Å². The number of carbonyl (C=O) groups excluding carboxylic acids is 1. The summed E-state index contributed by atoms with van der Waals surface area (Å²) in [7, 11) is 0. The van der Waals surface area contributed by atoms with Gasteiger partial charge in [0.1, 0.15) is 6.26 Å². The van der Waals surface area contributed by atoms with Gasteiger partial charge in [0.25, 0.3) is 0 Å². The van der Waals surface area contributed by atoms with Crippen LogP contribution in [0.15, 0.2) is 47.4 Å². The van der Waals surface area contributed by atoms with E-state index in [1.165, 1.54) is 30.9 Å². The van der Waals surface area contributed by atoms with E-state index in [4.69, 9.17) is 10.3 Å². The van der Waals surface area contributed by atoms with Crippen LogP contribution in [0.4, 0.5) is 0 Å². The molecule has 1 saturated heterocycles. The second-order valence-corrected chi connectivity index (χ2v) is 7.85. The first-order chi connectivity index (χ1) is 13.6. The minimum Gasteiger partial charge on any atom is -0.472 e. The maximum absolute atomic E-state index is 12.7. The molecular weight excluding hydrogens is 350 g/mol. The van der Waals surface area contributed by atoms with Gasteiger partial charge in [0.2, 0.25) is 0 Å². The van der Waals surface area contributed by atoms with Gasteiger partial charge in [0, 0.05) is 23.2 Å². The lowest BCUT2D eigenvalue weighted by Gasteiger charge is -2.37. The van der Waals surface area contributed by atoms with Gasteiger partial charge in [-0.1, -0.05) is 13.8 Å². The number of aromatic nitrogens is 1. The summed E-state index contributed by atoms with van der Waals surface area (Å²) in [5.74, 6) is 6.69. The predicted molar refractivity (Wildman–Crippen MR) is 112 cm³/mol. The fourth-order valence-corrected chi connectivity index (χ4v) is 4.69. The number of hydrogen-bond donors (Lipinski definition) is 1. The van der Waals surface area contributed by atoms with Crippen LogP contribution in [0, 0.1) is 0 Å². The highest BCUT2D eigenvalue weighted by atomic mass is 16.3. The molecule has 0 radical (unpaired) electrons. The van der Waals surface area contributed by atoms with Crippen LogP contribution in [0.25, 0.3) is 10.9 Å². The van der Waals surface area contributed by atoms with Gasteiger partial charge < -0.3 is 15.2 Å². The molecule has 0 bridgehead atoms. The molecule has 0 spiro atoms. The molecule has 3 heterocycles. The van der Waals surface area contributed by atoms with E-state index >= 15 is 0 Å². The van der Waals surface area contributed by atoms with Crippen LogP contribution in [0.1, 0.15) is 66.9 Å². The Morgan fingerprint density at radius 1 is 1.18 bits per heavy atom. The predicted octanol–water partition coefficient (Wildman–Crippen LogP) is 4.55. The third-order valence-electron chi connectivity index (χ3n) is 6.34. The molecule has 3 aromatic rings. The normalized spacial score (nSPS) is 16.2. The number of furan rings is 1. The summed E-state index contributed by atoms with van der Waals surface area (Å²) in [6, 6.07) is 8.19. The second kappa shape index (κ2) is 7.84. The summed E-state index contributed by atoms with van der Waals surface area (Å²) >= 11 is 0. The van der Waals surface area contributed by atoms with Crippen molar-refractivity contribution in [3.63, 3.8) is 0 Å². The number of nitrogens with zero attached hydrogens (tertiary/aromatic N) is 2. The first kappa shape index (κ1) is 18.8. The Morgan fingerprint density at radius 2 is 1.93 bits per heavy atom. The van der Waals surface area contributed by atoms with E-state index in [1.54, 1.807) is 10.7 Å². The first-order valence-electron chi connectivity index (χ1n) is 10.3. The average molecular weight is 380 g/mol. The van der Waals surface area contributed by atoms with Crippen molar-refractivity contribution >= 4 is 16.7 Å². The molecule has 0 unspecified atom stereocenters. The molecule has 1 aromatic carbocycles. The summed E-state index contributed by atoms with van der Waals surface area (Å²) in [4.78, 5) is 15.4. The van der Waals surface area contributed by atoms with E-state index in [2.05, 4.69) is 18.7 Å². The third-order valence-corrected chi connectivity index (χ3v) is 6.34. The molecule has 0 aliphatic carbocycles. The molecule has 1 aliphatic rings. The number of benzene rings is 1. The number of ketones is 1. The Morgan fingerprint density at radius 3 is 2.57 bits per heavy atom. The first-order valence-corrected chi connectivity index (χ1v) is 10.3. The molecule has 5 heteroatoms. The zero-order valence-electron chi connectivity index (χ0n) is 16.7. The molecule has 4 rings (SSSR count). The van der Waals surface area contributed by atoms with Crippen LogP contribution in [0.2, 0.25) is 0 Å². The van der Waals surface area contributed by atoms with Crippen molar-refractivity contribution in [2.24, 2.45) is 0 Å². The zero-order valence-corrected chi connectivity index (χ0v) is 16.7. The van der Waals surface area contributed by atoms with Crippen molar-refractivity contribution in [3.8, 4) is 0 Å². The third kappa shape index (κ3) is 3.35. The van der Waals surface area contributed by atoms with Gasteiger partial charge in [-0.05, 0) is 74.5 Å². The van der Waals surface area contributed by atoms with Crippen LogP contribution in [-0.4, -0.2) is 34.5 Å². The van der Waals surface area contributed by atoms with E-state index in [-0.39, 0.29) is 5.78 Å². The summed E-state index contributed by atoms with van der Waals surface area (Å²) in [5.41, 5.74) is 3.49. The van der Waals surface area contributed by atoms with Crippen molar-refractivity contribution in [2.75, 3.05) is 18.9 Å². The van der Waals surface area contributed by atoms with Gasteiger partial charge in [-0.25, -0.2) is 0 Å². The van der Waals surface area contributed by atoms with Crippen LogP contribution >= 0.6 is 0 Å². The Labute approximate surface area is 166 Å². The van der Waals surface area contributed by atoms with Crippen molar-refractivity contribution in [1.29, 1.82) is 0 Å². The highest BCUT2D eigenvalue weighted by Crippen LogP contribution is 2.35. The average Bonchev–Trinajstić information content (AvgIpc) is 3.37. The number of piperidine rings is 1. The number of likely N-dealkylation sites (tertiary alicyclic amines) is 1. The molecule has 1 fully saturated rings. The molecule has 1 aliphatic heterocycles. The summed E-state index contributed by atoms with van der Waals surface area (Å²) in [6.07, 6.45) is 9.76. The Balaban J connectivity index is 1.61. The van der Waals surface area contributed by atoms with E-state index in [9.17, 15) is 4.79 Å². The molecule has 0 atom stereocenters. The van der Waals surface area contributed by atoms with Crippen LogP contribution < -0.4 is 5.84 Å². The van der Waals surface area contributed by atoms with Gasteiger partial charge in [-0.15, -0.1) is 0 Å². The quantitative estimate of drug-likeness (QED) is 0.504. The number of carbonyl (C=O) groups is 1. The lowest BCUT2D eigenvalue weighted by Crippen LogP contribution is -2.40. The number of nitrogens with two attached hydrogens (primary N) is 1. The van der Waals surface area contributed by atoms with Crippen molar-refractivity contribution < 1.29 is 9.21 Å². The summed E-state index contributed by atoms with van der Waals surface area (Å²) in [5, 5.41) is 1.10. The number of hydrogen-bond acceptors (Lipinski definition) is 4. The van der Waals surface area contributed by atoms with Gasteiger partial charge in [0.05, 0.1) is 17.3 Å². The largest absolute Gasteiger partial charge is 0.472 e. The summed E-state index contributed by atoms with van der Waals surface area (Å²) in [6.45, 7) is 6.81. The molecule has 2 aromatic heterocycles. The van der Waals surface area contributed by atoms with Crippen LogP contribution in [0.3, 0.4) is 0 Å². The van der Waals surface area contributed by atoms with Crippen molar-refractivity contribution in [2.45, 2.75) is 51.5 Å². The Bertz CT molecular complexity index is 946. The summed E-state index contributed by atoms with van der Waals surface area (Å²) < 4.78 is 6.76. The minimum absolute atomic E-state index is 0.0186. The monoisotopic (exact) mass is 379 g/mol. The van der Waals surface area contributed by atoms with Crippen LogP contribution in [0.5, 0.6) is 0 Å². The maximum Gasteiger partial charge on any atom is 0.196 e. The Hall–Kier alpha value is -2.53. The SMILES string of the molecule is CCC(CC)N1CCC(c2cn(N)c3ccc(C(=O)c4ccoc4)cc23)CC1. The number of nitrogen functional groups attached to an aromatic ring is 1.